The number of amidine groups is 1. The van der Waals surface area contributed by atoms with Gasteiger partial charge in [0.1, 0.15) is 11.9 Å². The Bertz CT molecular complexity index is 1470. The fraction of sp³-hybridized carbons (Fsp3) is 0.300. The van der Waals surface area contributed by atoms with E-state index in [1.54, 1.807) is 6.20 Å². The minimum atomic E-state index is 0.0784. The van der Waals surface area contributed by atoms with Crippen LogP contribution in [0.15, 0.2) is 88.4 Å². The maximum atomic E-state index is 7.03. The van der Waals surface area contributed by atoms with Gasteiger partial charge in [0.2, 0.25) is 5.70 Å². The van der Waals surface area contributed by atoms with E-state index in [2.05, 4.69) is 65.3 Å². The van der Waals surface area contributed by atoms with Crippen molar-refractivity contribution >= 4 is 23.0 Å². The zero-order valence-electron chi connectivity index (χ0n) is 20.6. The highest BCUT2D eigenvalue weighted by molar-refractivity contribution is 6.03. The summed E-state index contributed by atoms with van der Waals surface area (Å²) in [5.41, 5.74) is 7.39. The van der Waals surface area contributed by atoms with Crippen LogP contribution in [0.1, 0.15) is 30.4 Å². The number of aliphatic imine (C=N–C) groups is 2. The van der Waals surface area contributed by atoms with Crippen LogP contribution < -0.4 is 5.84 Å². The number of allylic oxidation sites excluding steroid dienone is 2. The highest BCUT2D eigenvalue weighted by Crippen LogP contribution is 2.45. The third kappa shape index (κ3) is 3.48. The Kier molecular flexibility index (Phi) is 5.03. The summed E-state index contributed by atoms with van der Waals surface area (Å²) < 4.78 is 0.0784. The molecule has 6 heteroatoms. The molecule has 2 fully saturated rings. The van der Waals surface area contributed by atoms with Crippen molar-refractivity contribution in [3.63, 3.8) is 0 Å². The van der Waals surface area contributed by atoms with Gasteiger partial charge in [-0.05, 0) is 69.0 Å². The number of aryl methyl sites for hydroxylation is 1. The first kappa shape index (κ1) is 21.8. The number of aromatic nitrogens is 1. The van der Waals surface area contributed by atoms with Gasteiger partial charge in [0.25, 0.3) is 5.84 Å². The van der Waals surface area contributed by atoms with Gasteiger partial charge < -0.3 is 4.90 Å². The van der Waals surface area contributed by atoms with E-state index < -0.39 is 0 Å². The number of fused-ring (bicyclic) bond motifs is 2. The van der Waals surface area contributed by atoms with Crippen LogP contribution in [-0.2, 0) is 0 Å². The first-order chi connectivity index (χ1) is 17.6. The predicted molar refractivity (Wildman–Crippen MR) is 145 cm³/mol. The quantitative estimate of drug-likeness (QED) is 0.409. The Labute approximate surface area is 211 Å². The smallest absolute Gasteiger partial charge is 0.264 e. The van der Waals surface area contributed by atoms with E-state index in [0.29, 0.717) is 5.92 Å². The second kappa shape index (κ2) is 8.30. The third-order valence-electron chi connectivity index (χ3n) is 8.25. The molecular formula is C30H31N6+. The molecule has 1 aliphatic carbocycles. The van der Waals surface area contributed by atoms with Crippen LogP contribution in [0, 0.1) is 18.8 Å². The normalized spacial score (nSPS) is 27.1. The van der Waals surface area contributed by atoms with Gasteiger partial charge >= 0.3 is 0 Å². The van der Waals surface area contributed by atoms with Gasteiger partial charge in [-0.1, -0.05) is 36.4 Å². The molecule has 2 N–H and O–H groups in total. The summed E-state index contributed by atoms with van der Waals surface area (Å²) in [4.78, 5) is 17.2. The molecule has 6 nitrogen and oxygen atoms in total. The van der Waals surface area contributed by atoms with Crippen molar-refractivity contribution in [3.8, 4) is 11.3 Å². The Morgan fingerprint density at radius 2 is 1.86 bits per heavy atom. The van der Waals surface area contributed by atoms with Crippen molar-refractivity contribution in [1.29, 1.82) is 0 Å². The molecular weight excluding hydrogens is 444 g/mol. The standard InChI is InChI=1S/C30H31N6/c1-20-14-26(22-6-3-2-4-7-22)33-27-17-23(8-9-25(20)27)30-34-29(28-18-32-10-13-36(28,30)31)24-15-21(16-24)19-35-11-5-12-35/h2-4,6-10,13-14,17-18,21,24H,5,11-12,15-16,19,31H2,1H3/q+1. The zero-order valence-corrected chi connectivity index (χ0v) is 20.6. The largest absolute Gasteiger partial charge is 0.303 e. The molecule has 180 valence electrons. The fourth-order valence-corrected chi connectivity index (χ4v) is 6.04. The van der Waals surface area contributed by atoms with Crippen molar-refractivity contribution in [1.82, 2.24) is 9.88 Å². The maximum absolute atomic E-state index is 7.03. The Balaban J connectivity index is 1.24. The molecule has 1 saturated heterocycles. The summed E-state index contributed by atoms with van der Waals surface area (Å²) in [5, 5.41) is 1.15. The van der Waals surface area contributed by atoms with Crippen molar-refractivity contribution in [2.24, 2.45) is 27.7 Å². The summed E-state index contributed by atoms with van der Waals surface area (Å²) in [6.07, 6.45) is 9.35. The Morgan fingerprint density at radius 1 is 1.03 bits per heavy atom. The topological polar surface area (TPSA) is 66.9 Å². The first-order valence-corrected chi connectivity index (χ1v) is 13.0. The summed E-state index contributed by atoms with van der Waals surface area (Å²) in [6, 6.07) is 18.9. The lowest BCUT2D eigenvalue weighted by Gasteiger charge is -2.41. The average Bonchev–Trinajstić information content (AvgIpc) is 3.15. The molecule has 0 bridgehead atoms. The number of rotatable bonds is 5. The molecule has 1 atom stereocenters. The third-order valence-corrected chi connectivity index (χ3v) is 8.25. The van der Waals surface area contributed by atoms with Crippen LogP contribution in [0.5, 0.6) is 0 Å². The van der Waals surface area contributed by atoms with Crippen molar-refractivity contribution in [2.45, 2.75) is 26.2 Å². The van der Waals surface area contributed by atoms with Crippen LogP contribution in [-0.4, -0.2) is 46.2 Å². The summed E-state index contributed by atoms with van der Waals surface area (Å²) in [5.74, 6) is 9.10. The van der Waals surface area contributed by atoms with E-state index in [-0.39, 0.29) is 4.59 Å². The second-order valence-electron chi connectivity index (χ2n) is 10.7. The number of pyridine rings is 1. The molecule has 2 aromatic carbocycles. The van der Waals surface area contributed by atoms with Gasteiger partial charge in [0.05, 0.1) is 29.2 Å². The minimum absolute atomic E-state index is 0.0784. The lowest BCUT2D eigenvalue weighted by Crippen LogP contribution is -2.53. The lowest BCUT2D eigenvalue weighted by atomic mass is 9.72. The monoisotopic (exact) mass is 475 g/mol. The van der Waals surface area contributed by atoms with Crippen LogP contribution in [0.3, 0.4) is 0 Å². The highest BCUT2D eigenvalue weighted by Gasteiger charge is 2.48. The molecule has 7 rings (SSSR count). The number of benzene rings is 2. The van der Waals surface area contributed by atoms with E-state index in [9.17, 15) is 0 Å². The molecule has 4 aliphatic rings. The summed E-state index contributed by atoms with van der Waals surface area (Å²) in [6.45, 7) is 5.90. The predicted octanol–water partition coefficient (Wildman–Crippen LogP) is 5.16. The van der Waals surface area contributed by atoms with E-state index in [4.69, 9.17) is 15.8 Å². The summed E-state index contributed by atoms with van der Waals surface area (Å²) >= 11 is 0. The number of quaternary nitrogens is 1. The van der Waals surface area contributed by atoms with Gasteiger partial charge in [-0.25, -0.2) is 4.98 Å². The molecule has 0 amide bonds. The van der Waals surface area contributed by atoms with Crippen LogP contribution in [0.4, 0.5) is 0 Å². The lowest BCUT2D eigenvalue weighted by molar-refractivity contribution is -0.750. The van der Waals surface area contributed by atoms with E-state index in [1.165, 1.54) is 44.5 Å². The SMILES string of the molecule is Cc1cc(-c2ccccc2)nc2cc(C3=NC(C4CC(CN5CCC5)C4)=C4C=NC=C[N+]34N)ccc12. The molecule has 3 aliphatic heterocycles. The van der Waals surface area contributed by atoms with E-state index >= 15 is 0 Å². The molecule has 0 spiro atoms. The van der Waals surface area contributed by atoms with E-state index in [0.717, 1.165) is 50.9 Å². The van der Waals surface area contributed by atoms with Crippen molar-refractivity contribution in [2.75, 3.05) is 19.6 Å². The highest BCUT2D eigenvalue weighted by atomic mass is 15.6. The van der Waals surface area contributed by atoms with Crippen molar-refractivity contribution < 1.29 is 4.59 Å². The van der Waals surface area contributed by atoms with Crippen LogP contribution >= 0.6 is 0 Å². The second-order valence-corrected chi connectivity index (χ2v) is 10.7. The number of hydrogen-bond donors (Lipinski definition) is 1. The van der Waals surface area contributed by atoms with Gasteiger partial charge in [-0.2, -0.15) is 10.8 Å². The molecule has 1 saturated carbocycles. The minimum Gasteiger partial charge on any atom is -0.303 e. The average molecular weight is 476 g/mol. The zero-order chi connectivity index (χ0) is 24.3. The van der Waals surface area contributed by atoms with Gasteiger partial charge in [-0.3, -0.25) is 4.99 Å². The summed E-state index contributed by atoms with van der Waals surface area (Å²) in [7, 11) is 0. The number of nitrogens with zero attached hydrogens (tertiary/aromatic N) is 5. The first-order valence-electron chi connectivity index (χ1n) is 13.0. The molecule has 1 aromatic heterocycles. The van der Waals surface area contributed by atoms with Crippen LogP contribution in [0.2, 0.25) is 0 Å². The molecule has 0 radical (unpaired) electrons. The molecule has 1 unspecified atom stereocenters. The number of nitrogens with two attached hydrogens (primary N) is 1. The molecule has 4 heterocycles. The number of hydrogen-bond acceptors (Lipinski definition) is 5. The number of likely N-dealkylation sites (tertiary alicyclic amines) is 1. The van der Waals surface area contributed by atoms with Gasteiger partial charge in [0, 0.05) is 23.4 Å². The molecule has 36 heavy (non-hydrogen) atoms. The Morgan fingerprint density at radius 3 is 2.64 bits per heavy atom. The van der Waals surface area contributed by atoms with E-state index in [1.807, 2.05) is 18.5 Å². The molecule has 3 aromatic rings. The van der Waals surface area contributed by atoms with Crippen molar-refractivity contribution in [3.05, 3.63) is 89.5 Å². The Hall–Kier alpha value is -3.45. The van der Waals surface area contributed by atoms with Gasteiger partial charge in [-0.15, -0.1) is 4.59 Å². The van der Waals surface area contributed by atoms with Crippen LogP contribution in [0.25, 0.3) is 22.2 Å². The van der Waals surface area contributed by atoms with Gasteiger partial charge in [0.15, 0.2) is 0 Å². The fourth-order valence-electron chi connectivity index (χ4n) is 6.04. The maximum Gasteiger partial charge on any atom is 0.264 e.